The van der Waals surface area contributed by atoms with Gasteiger partial charge < -0.3 is 14.6 Å². The monoisotopic (exact) mass is 264 g/mol. The van der Waals surface area contributed by atoms with Crippen molar-refractivity contribution >= 4 is 5.97 Å². The van der Waals surface area contributed by atoms with Gasteiger partial charge in [-0.1, -0.05) is 25.1 Å². The number of hydrogen-bond acceptors (Lipinski definition) is 3. The van der Waals surface area contributed by atoms with Crippen LogP contribution in [0.2, 0.25) is 0 Å². The molecule has 0 amide bonds. The predicted octanol–water partition coefficient (Wildman–Crippen LogP) is 2.51. The molecule has 2 rings (SSSR count). The zero-order chi connectivity index (χ0) is 13.7. The van der Waals surface area contributed by atoms with Gasteiger partial charge in [-0.3, -0.25) is 4.79 Å². The standard InChI is InChI=1S/C15H20O4/c1-2-8-18-9-7-15(14(16)17)10-12-5-3-4-6-13(12)19-11-15/h3-6H,2,7-11H2,1H3,(H,16,17). The fourth-order valence-corrected chi connectivity index (χ4v) is 2.34. The molecule has 19 heavy (non-hydrogen) atoms. The molecule has 0 fully saturated rings. The number of benzene rings is 1. The van der Waals surface area contributed by atoms with Crippen molar-refractivity contribution in [1.82, 2.24) is 0 Å². The molecule has 0 bridgehead atoms. The molecule has 4 nitrogen and oxygen atoms in total. The van der Waals surface area contributed by atoms with Crippen molar-refractivity contribution in [2.75, 3.05) is 19.8 Å². The first-order valence-electron chi connectivity index (χ1n) is 6.70. The fraction of sp³-hybridized carbons (Fsp3) is 0.533. The topological polar surface area (TPSA) is 55.8 Å². The molecule has 1 aliphatic rings. The third kappa shape index (κ3) is 3.07. The molecule has 1 aromatic rings. The summed E-state index contributed by atoms with van der Waals surface area (Å²) in [6.07, 6.45) is 1.93. The van der Waals surface area contributed by atoms with Crippen molar-refractivity contribution in [3.05, 3.63) is 29.8 Å². The first kappa shape index (κ1) is 13.9. The second-order valence-electron chi connectivity index (χ2n) is 5.02. The number of para-hydroxylation sites is 1. The van der Waals surface area contributed by atoms with Crippen molar-refractivity contribution in [2.45, 2.75) is 26.2 Å². The molecule has 0 aliphatic carbocycles. The van der Waals surface area contributed by atoms with Gasteiger partial charge in [0.2, 0.25) is 0 Å². The lowest BCUT2D eigenvalue weighted by Gasteiger charge is -2.34. The molecule has 4 heteroatoms. The van der Waals surface area contributed by atoms with E-state index in [1.165, 1.54) is 0 Å². The van der Waals surface area contributed by atoms with E-state index in [9.17, 15) is 9.90 Å². The summed E-state index contributed by atoms with van der Waals surface area (Å²) < 4.78 is 11.1. The molecule has 0 saturated heterocycles. The van der Waals surface area contributed by atoms with Gasteiger partial charge in [-0.2, -0.15) is 0 Å². The Morgan fingerprint density at radius 1 is 1.42 bits per heavy atom. The Hall–Kier alpha value is -1.55. The zero-order valence-corrected chi connectivity index (χ0v) is 11.2. The maximum Gasteiger partial charge on any atom is 0.313 e. The van der Waals surface area contributed by atoms with Crippen LogP contribution in [0.15, 0.2) is 24.3 Å². The maximum absolute atomic E-state index is 11.6. The molecular formula is C15H20O4. The molecule has 0 spiro atoms. The van der Waals surface area contributed by atoms with Crippen molar-refractivity contribution in [3.8, 4) is 5.75 Å². The molecule has 1 atom stereocenters. The zero-order valence-electron chi connectivity index (χ0n) is 11.2. The normalized spacial score (nSPS) is 21.5. The van der Waals surface area contributed by atoms with E-state index in [-0.39, 0.29) is 6.61 Å². The van der Waals surface area contributed by atoms with E-state index in [0.29, 0.717) is 26.1 Å². The van der Waals surface area contributed by atoms with E-state index in [4.69, 9.17) is 9.47 Å². The molecular weight excluding hydrogens is 244 g/mol. The van der Waals surface area contributed by atoms with Crippen LogP contribution in [0.25, 0.3) is 0 Å². The van der Waals surface area contributed by atoms with Crippen molar-refractivity contribution < 1.29 is 19.4 Å². The number of hydrogen-bond donors (Lipinski definition) is 1. The van der Waals surface area contributed by atoms with Gasteiger partial charge in [-0.05, 0) is 30.9 Å². The Bertz CT molecular complexity index is 444. The quantitative estimate of drug-likeness (QED) is 0.802. The summed E-state index contributed by atoms with van der Waals surface area (Å²) in [6.45, 7) is 3.39. The number of fused-ring (bicyclic) bond motifs is 1. The van der Waals surface area contributed by atoms with Crippen LogP contribution < -0.4 is 4.74 Å². The number of ether oxygens (including phenoxy) is 2. The lowest BCUT2D eigenvalue weighted by molar-refractivity contribution is -0.153. The molecule has 104 valence electrons. The Morgan fingerprint density at radius 2 is 2.21 bits per heavy atom. The third-order valence-corrected chi connectivity index (χ3v) is 3.53. The average Bonchev–Trinajstić information content (AvgIpc) is 2.43. The summed E-state index contributed by atoms with van der Waals surface area (Å²) in [6, 6.07) is 7.62. The van der Waals surface area contributed by atoms with E-state index in [0.717, 1.165) is 17.7 Å². The lowest BCUT2D eigenvalue weighted by atomic mass is 9.78. The maximum atomic E-state index is 11.6. The van der Waals surface area contributed by atoms with Crippen LogP contribution in [0.5, 0.6) is 5.75 Å². The average molecular weight is 264 g/mol. The minimum absolute atomic E-state index is 0.217. The van der Waals surface area contributed by atoms with E-state index in [1.54, 1.807) is 0 Å². The molecule has 0 saturated carbocycles. The van der Waals surface area contributed by atoms with Gasteiger partial charge in [0.05, 0.1) is 0 Å². The summed E-state index contributed by atoms with van der Waals surface area (Å²) >= 11 is 0. The van der Waals surface area contributed by atoms with Gasteiger partial charge in [0.1, 0.15) is 17.8 Å². The highest BCUT2D eigenvalue weighted by Crippen LogP contribution is 2.37. The van der Waals surface area contributed by atoms with Crippen LogP contribution in [0.3, 0.4) is 0 Å². The number of carbonyl (C=O) groups is 1. The molecule has 1 aromatic carbocycles. The second-order valence-corrected chi connectivity index (χ2v) is 5.02. The summed E-state index contributed by atoms with van der Waals surface area (Å²) in [4.78, 5) is 11.6. The molecule has 0 aromatic heterocycles. The summed E-state index contributed by atoms with van der Waals surface area (Å²) in [7, 11) is 0. The minimum Gasteiger partial charge on any atom is -0.492 e. The van der Waals surface area contributed by atoms with Gasteiger partial charge in [-0.25, -0.2) is 0 Å². The number of aliphatic carboxylic acids is 1. The molecule has 1 aliphatic heterocycles. The first-order valence-corrected chi connectivity index (χ1v) is 6.70. The first-order chi connectivity index (χ1) is 9.18. The fourth-order valence-electron chi connectivity index (χ4n) is 2.34. The van der Waals surface area contributed by atoms with Gasteiger partial charge in [0.25, 0.3) is 0 Å². The van der Waals surface area contributed by atoms with Gasteiger partial charge in [0, 0.05) is 13.2 Å². The Balaban J connectivity index is 2.08. The van der Waals surface area contributed by atoms with Gasteiger partial charge in [-0.15, -0.1) is 0 Å². The minimum atomic E-state index is -0.859. The van der Waals surface area contributed by atoms with E-state index in [2.05, 4.69) is 0 Å². The van der Waals surface area contributed by atoms with E-state index >= 15 is 0 Å². The van der Waals surface area contributed by atoms with E-state index in [1.807, 2.05) is 31.2 Å². The second kappa shape index (κ2) is 6.06. The highest BCUT2D eigenvalue weighted by Gasteiger charge is 2.42. The largest absolute Gasteiger partial charge is 0.492 e. The number of rotatable bonds is 6. The Kier molecular flexibility index (Phi) is 4.43. The lowest BCUT2D eigenvalue weighted by Crippen LogP contribution is -2.42. The molecule has 1 unspecified atom stereocenters. The summed E-state index contributed by atoms with van der Waals surface area (Å²) in [5.74, 6) is -0.00375. The predicted molar refractivity (Wildman–Crippen MR) is 71.4 cm³/mol. The third-order valence-electron chi connectivity index (χ3n) is 3.53. The Labute approximate surface area is 113 Å². The van der Waals surface area contributed by atoms with Crippen LogP contribution >= 0.6 is 0 Å². The van der Waals surface area contributed by atoms with E-state index < -0.39 is 11.4 Å². The highest BCUT2D eigenvalue weighted by molar-refractivity contribution is 5.76. The van der Waals surface area contributed by atoms with Crippen LogP contribution in [-0.2, 0) is 16.0 Å². The van der Waals surface area contributed by atoms with Crippen LogP contribution in [-0.4, -0.2) is 30.9 Å². The Morgan fingerprint density at radius 3 is 2.95 bits per heavy atom. The summed E-state index contributed by atoms with van der Waals surface area (Å²) in [5, 5.41) is 9.54. The van der Waals surface area contributed by atoms with Crippen LogP contribution in [0, 0.1) is 5.41 Å². The number of carboxylic acids is 1. The summed E-state index contributed by atoms with van der Waals surface area (Å²) in [5.41, 5.74) is 0.105. The van der Waals surface area contributed by atoms with Crippen molar-refractivity contribution in [2.24, 2.45) is 5.41 Å². The van der Waals surface area contributed by atoms with Gasteiger partial charge in [0.15, 0.2) is 0 Å². The van der Waals surface area contributed by atoms with Crippen molar-refractivity contribution in [1.29, 1.82) is 0 Å². The van der Waals surface area contributed by atoms with Crippen molar-refractivity contribution in [3.63, 3.8) is 0 Å². The van der Waals surface area contributed by atoms with Crippen LogP contribution in [0.1, 0.15) is 25.3 Å². The highest BCUT2D eigenvalue weighted by atomic mass is 16.5. The van der Waals surface area contributed by atoms with Crippen LogP contribution in [0.4, 0.5) is 0 Å². The molecule has 1 N–H and O–H groups in total. The van der Waals surface area contributed by atoms with Gasteiger partial charge >= 0.3 is 5.97 Å². The smallest absolute Gasteiger partial charge is 0.313 e. The molecule has 0 radical (unpaired) electrons. The molecule has 1 heterocycles. The SMILES string of the molecule is CCCOCCC1(C(=O)O)COc2ccccc2C1. The number of carboxylic acid groups (broad SMARTS) is 1.